The average Bonchev–Trinajstić information content (AvgIpc) is 2.48. The SMILES string of the molecule is COc1ccc(C(O)c2cc(Cl)ccc2C)c(OC)c1. The van der Waals surface area contributed by atoms with Crippen molar-refractivity contribution < 1.29 is 14.6 Å². The van der Waals surface area contributed by atoms with Crippen LogP contribution in [-0.4, -0.2) is 19.3 Å². The summed E-state index contributed by atoms with van der Waals surface area (Å²) in [6, 6.07) is 10.8. The van der Waals surface area contributed by atoms with Gasteiger partial charge in [-0.05, 0) is 42.3 Å². The van der Waals surface area contributed by atoms with Gasteiger partial charge >= 0.3 is 0 Å². The number of methoxy groups -OCH3 is 2. The number of hydrogen-bond acceptors (Lipinski definition) is 3. The number of aryl methyl sites for hydroxylation is 1. The van der Waals surface area contributed by atoms with Gasteiger partial charge in [0.2, 0.25) is 0 Å². The molecular formula is C16H17ClO3. The van der Waals surface area contributed by atoms with Crippen molar-refractivity contribution in [1.29, 1.82) is 0 Å². The van der Waals surface area contributed by atoms with Crippen LogP contribution in [-0.2, 0) is 0 Å². The average molecular weight is 293 g/mol. The molecule has 0 aliphatic rings. The van der Waals surface area contributed by atoms with E-state index < -0.39 is 6.10 Å². The highest BCUT2D eigenvalue weighted by atomic mass is 35.5. The molecule has 2 rings (SSSR count). The van der Waals surface area contributed by atoms with E-state index in [4.69, 9.17) is 21.1 Å². The summed E-state index contributed by atoms with van der Waals surface area (Å²) in [6.45, 7) is 1.94. The maximum Gasteiger partial charge on any atom is 0.128 e. The lowest BCUT2D eigenvalue weighted by molar-refractivity contribution is 0.213. The van der Waals surface area contributed by atoms with Crippen molar-refractivity contribution in [3.05, 3.63) is 58.1 Å². The number of aliphatic hydroxyl groups is 1. The third-order valence-electron chi connectivity index (χ3n) is 3.27. The van der Waals surface area contributed by atoms with E-state index in [0.29, 0.717) is 22.1 Å². The van der Waals surface area contributed by atoms with Gasteiger partial charge in [-0.3, -0.25) is 0 Å². The van der Waals surface area contributed by atoms with Gasteiger partial charge in [0.1, 0.15) is 17.6 Å². The van der Waals surface area contributed by atoms with Crippen molar-refractivity contribution in [1.82, 2.24) is 0 Å². The summed E-state index contributed by atoms with van der Waals surface area (Å²) in [5.74, 6) is 1.26. The Bertz CT molecular complexity index is 611. The van der Waals surface area contributed by atoms with E-state index in [1.807, 2.05) is 13.0 Å². The molecule has 0 spiro atoms. The molecule has 2 aromatic carbocycles. The lowest BCUT2D eigenvalue weighted by Gasteiger charge is -2.18. The molecule has 1 atom stereocenters. The molecule has 1 N–H and O–H groups in total. The molecular weight excluding hydrogens is 276 g/mol. The molecule has 0 saturated carbocycles. The van der Waals surface area contributed by atoms with Gasteiger partial charge in [-0.1, -0.05) is 17.7 Å². The zero-order valence-corrected chi connectivity index (χ0v) is 12.4. The predicted octanol–water partition coefficient (Wildman–Crippen LogP) is 3.75. The van der Waals surface area contributed by atoms with Crippen LogP contribution in [0.4, 0.5) is 0 Å². The Balaban J connectivity index is 2.47. The van der Waals surface area contributed by atoms with Gasteiger partial charge < -0.3 is 14.6 Å². The first-order valence-electron chi connectivity index (χ1n) is 6.23. The monoisotopic (exact) mass is 292 g/mol. The van der Waals surface area contributed by atoms with Crippen LogP contribution in [0.15, 0.2) is 36.4 Å². The van der Waals surface area contributed by atoms with Crippen molar-refractivity contribution in [3.8, 4) is 11.5 Å². The maximum atomic E-state index is 10.6. The maximum absolute atomic E-state index is 10.6. The third-order valence-corrected chi connectivity index (χ3v) is 3.51. The minimum Gasteiger partial charge on any atom is -0.497 e. The number of rotatable bonds is 4. The van der Waals surface area contributed by atoms with Crippen molar-refractivity contribution in [2.45, 2.75) is 13.0 Å². The van der Waals surface area contributed by atoms with Crippen LogP contribution < -0.4 is 9.47 Å². The molecule has 0 bridgehead atoms. The number of benzene rings is 2. The fourth-order valence-corrected chi connectivity index (χ4v) is 2.30. The van der Waals surface area contributed by atoms with E-state index in [9.17, 15) is 5.11 Å². The standard InChI is InChI=1S/C16H17ClO3/c1-10-4-5-11(17)8-14(10)16(18)13-7-6-12(19-2)9-15(13)20-3/h4-9,16,18H,1-3H3. The van der Waals surface area contributed by atoms with Crippen molar-refractivity contribution in [2.75, 3.05) is 14.2 Å². The van der Waals surface area contributed by atoms with Gasteiger partial charge in [-0.25, -0.2) is 0 Å². The highest BCUT2D eigenvalue weighted by molar-refractivity contribution is 6.30. The van der Waals surface area contributed by atoms with Crippen LogP contribution in [0, 0.1) is 6.92 Å². The van der Waals surface area contributed by atoms with Crippen molar-refractivity contribution >= 4 is 11.6 Å². The largest absolute Gasteiger partial charge is 0.497 e. The zero-order chi connectivity index (χ0) is 14.7. The molecule has 0 amide bonds. The summed E-state index contributed by atoms with van der Waals surface area (Å²) in [6.07, 6.45) is -0.797. The molecule has 3 nitrogen and oxygen atoms in total. The van der Waals surface area contributed by atoms with E-state index in [-0.39, 0.29) is 0 Å². The number of ether oxygens (including phenoxy) is 2. The van der Waals surface area contributed by atoms with Crippen LogP contribution >= 0.6 is 11.6 Å². The number of aliphatic hydroxyl groups excluding tert-OH is 1. The summed E-state index contributed by atoms with van der Waals surface area (Å²) in [5.41, 5.74) is 2.42. The molecule has 106 valence electrons. The minimum absolute atomic E-state index is 0.580. The normalized spacial score (nSPS) is 12.1. The molecule has 0 aromatic heterocycles. The summed E-state index contributed by atoms with van der Waals surface area (Å²) < 4.78 is 10.5. The molecule has 2 aromatic rings. The molecule has 4 heteroatoms. The second kappa shape index (κ2) is 6.16. The fourth-order valence-electron chi connectivity index (χ4n) is 2.12. The second-order valence-corrected chi connectivity index (χ2v) is 4.95. The van der Waals surface area contributed by atoms with Crippen LogP contribution in [0.5, 0.6) is 11.5 Å². The smallest absolute Gasteiger partial charge is 0.128 e. The third kappa shape index (κ3) is 2.89. The van der Waals surface area contributed by atoms with Crippen LogP contribution in [0.2, 0.25) is 5.02 Å². The van der Waals surface area contributed by atoms with E-state index in [1.54, 1.807) is 44.6 Å². The number of halogens is 1. The molecule has 0 fully saturated rings. The second-order valence-electron chi connectivity index (χ2n) is 4.51. The number of hydrogen-bond donors (Lipinski definition) is 1. The summed E-state index contributed by atoms with van der Waals surface area (Å²) in [5, 5.41) is 11.2. The van der Waals surface area contributed by atoms with E-state index in [0.717, 1.165) is 11.1 Å². The Labute approximate surface area is 123 Å². The molecule has 0 saturated heterocycles. The molecule has 0 radical (unpaired) electrons. The van der Waals surface area contributed by atoms with Crippen LogP contribution in [0.25, 0.3) is 0 Å². The highest BCUT2D eigenvalue weighted by Gasteiger charge is 2.18. The van der Waals surface area contributed by atoms with Crippen molar-refractivity contribution in [3.63, 3.8) is 0 Å². The van der Waals surface area contributed by atoms with E-state index >= 15 is 0 Å². The Morgan fingerprint density at radius 1 is 1.00 bits per heavy atom. The Kier molecular flexibility index (Phi) is 4.53. The van der Waals surface area contributed by atoms with Gasteiger partial charge in [-0.15, -0.1) is 0 Å². The zero-order valence-electron chi connectivity index (χ0n) is 11.7. The first-order valence-corrected chi connectivity index (χ1v) is 6.60. The topological polar surface area (TPSA) is 38.7 Å². The predicted molar refractivity (Wildman–Crippen MR) is 79.8 cm³/mol. The first-order chi connectivity index (χ1) is 9.56. The van der Waals surface area contributed by atoms with Gasteiger partial charge in [0.15, 0.2) is 0 Å². The lowest BCUT2D eigenvalue weighted by Crippen LogP contribution is -2.04. The summed E-state index contributed by atoms with van der Waals surface area (Å²) in [4.78, 5) is 0. The Morgan fingerprint density at radius 3 is 2.40 bits per heavy atom. The van der Waals surface area contributed by atoms with E-state index in [1.165, 1.54) is 0 Å². The van der Waals surface area contributed by atoms with Gasteiger partial charge in [0.25, 0.3) is 0 Å². The molecule has 0 heterocycles. The first kappa shape index (κ1) is 14.7. The van der Waals surface area contributed by atoms with Gasteiger partial charge in [0.05, 0.1) is 14.2 Å². The Hall–Kier alpha value is -1.71. The molecule has 0 aliphatic heterocycles. The molecule has 0 aliphatic carbocycles. The van der Waals surface area contributed by atoms with Gasteiger partial charge in [0, 0.05) is 16.7 Å². The molecule has 1 unspecified atom stereocenters. The quantitative estimate of drug-likeness (QED) is 0.933. The van der Waals surface area contributed by atoms with E-state index in [2.05, 4.69) is 0 Å². The lowest BCUT2D eigenvalue weighted by atomic mass is 9.97. The minimum atomic E-state index is -0.797. The summed E-state index contributed by atoms with van der Waals surface area (Å²) >= 11 is 6.01. The van der Waals surface area contributed by atoms with Crippen LogP contribution in [0.3, 0.4) is 0 Å². The Morgan fingerprint density at radius 2 is 1.75 bits per heavy atom. The molecule has 20 heavy (non-hydrogen) atoms. The van der Waals surface area contributed by atoms with Crippen LogP contribution in [0.1, 0.15) is 22.8 Å². The van der Waals surface area contributed by atoms with Crippen molar-refractivity contribution in [2.24, 2.45) is 0 Å². The fraction of sp³-hybridized carbons (Fsp3) is 0.250. The summed E-state index contributed by atoms with van der Waals surface area (Å²) in [7, 11) is 3.15. The van der Waals surface area contributed by atoms with Gasteiger partial charge in [-0.2, -0.15) is 0 Å². The highest BCUT2D eigenvalue weighted by Crippen LogP contribution is 2.34.